The van der Waals surface area contributed by atoms with Crippen LogP contribution >= 0.6 is 0 Å². The normalized spacial score (nSPS) is 24.5. The van der Waals surface area contributed by atoms with Crippen molar-refractivity contribution in [1.29, 1.82) is 0 Å². The van der Waals surface area contributed by atoms with E-state index in [1.165, 1.54) is 11.3 Å². The minimum absolute atomic E-state index is 0.110. The molecule has 0 N–H and O–H groups in total. The third kappa shape index (κ3) is 5.33. The van der Waals surface area contributed by atoms with E-state index in [9.17, 15) is 4.79 Å². The molecular weight excluding hydrogens is 490 g/mol. The number of fused-ring (bicyclic) bond motifs is 1. The smallest absolute Gasteiger partial charge is 0.253 e. The van der Waals surface area contributed by atoms with E-state index in [4.69, 9.17) is 4.74 Å². The molecule has 0 bridgehead atoms. The van der Waals surface area contributed by atoms with Crippen LogP contribution in [0.2, 0.25) is 0 Å². The lowest BCUT2D eigenvalue weighted by Crippen LogP contribution is -2.49. The van der Waals surface area contributed by atoms with Gasteiger partial charge in [0.1, 0.15) is 11.9 Å². The fraction of sp³-hybridized carbons (Fsp3) is 0.600. The van der Waals surface area contributed by atoms with Gasteiger partial charge in [0, 0.05) is 50.7 Å². The third-order valence-corrected chi connectivity index (χ3v) is 8.99. The number of piperazine rings is 1. The standard InChI is InChI=1S/C30H41N7O2/c1-20-28(21(2)37-30(31-20)32-22(3)33-37)39-27-13-14-36(19-27)26-11-9-24(10-12-26)23-5-7-25(8-6-23)29(38)35-17-15-34(4)16-18-35/h9-12,23,25,27H,5-8,13-19H2,1-4H3/t23-,25-,27-/m1/s1. The highest BCUT2D eigenvalue weighted by molar-refractivity contribution is 5.79. The van der Waals surface area contributed by atoms with Crippen LogP contribution in [0.15, 0.2) is 24.3 Å². The summed E-state index contributed by atoms with van der Waals surface area (Å²) in [5, 5.41) is 4.47. The predicted molar refractivity (Wildman–Crippen MR) is 151 cm³/mol. The van der Waals surface area contributed by atoms with E-state index in [1.807, 2.05) is 20.8 Å². The van der Waals surface area contributed by atoms with Crippen molar-refractivity contribution in [2.75, 3.05) is 51.2 Å². The van der Waals surface area contributed by atoms with Gasteiger partial charge in [-0.2, -0.15) is 9.50 Å². The molecule has 6 rings (SSSR count). The van der Waals surface area contributed by atoms with Gasteiger partial charge in [0.05, 0.1) is 17.9 Å². The molecule has 39 heavy (non-hydrogen) atoms. The van der Waals surface area contributed by atoms with Gasteiger partial charge < -0.3 is 19.4 Å². The Labute approximate surface area is 231 Å². The highest BCUT2D eigenvalue weighted by Crippen LogP contribution is 2.37. The third-order valence-electron chi connectivity index (χ3n) is 8.99. The van der Waals surface area contributed by atoms with Crippen molar-refractivity contribution in [1.82, 2.24) is 29.4 Å². The number of carbonyl (C=O) groups is 1. The molecule has 0 unspecified atom stereocenters. The first-order valence-electron chi connectivity index (χ1n) is 14.5. The van der Waals surface area contributed by atoms with Gasteiger partial charge in [-0.3, -0.25) is 4.79 Å². The highest BCUT2D eigenvalue weighted by atomic mass is 16.5. The Morgan fingerprint density at radius 1 is 0.897 bits per heavy atom. The van der Waals surface area contributed by atoms with E-state index >= 15 is 0 Å². The molecule has 2 aliphatic heterocycles. The van der Waals surface area contributed by atoms with Crippen LogP contribution in [0.5, 0.6) is 5.75 Å². The summed E-state index contributed by atoms with van der Waals surface area (Å²) in [6.45, 7) is 11.5. The van der Waals surface area contributed by atoms with Gasteiger partial charge in [-0.1, -0.05) is 12.1 Å². The number of hydrogen-bond donors (Lipinski definition) is 0. The fourth-order valence-corrected chi connectivity index (χ4v) is 6.57. The summed E-state index contributed by atoms with van der Waals surface area (Å²) in [7, 11) is 2.13. The second-order valence-corrected chi connectivity index (χ2v) is 11.7. The van der Waals surface area contributed by atoms with Gasteiger partial charge in [0.15, 0.2) is 5.75 Å². The maximum Gasteiger partial charge on any atom is 0.253 e. The Morgan fingerprint density at radius 2 is 1.62 bits per heavy atom. The zero-order valence-electron chi connectivity index (χ0n) is 23.8. The highest BCUT2D eigenvalue weighted by Gasteiger charge is 2.31. The van der Waals surface area contributed by atoms with Crippen molar-refractivity contribution in [2.24, 2.45) is 5.92 Å². The van der Waals surface area contributed by atoms with Crippen molar-refractivity contribution >= 4 is 17.4 Å². The summed E-state index contributed by atoms with van der Waals surface area (Å²) in [5.41, 5.74) is 4.46. The Balaban J connectivity index is 1.03. The fourth-order valence-electron chi connectivity index (χ4n) is 6.57. The average Bonchev–Trinajstić information content (AvgIpc) is 3.57. The first kappa shape index (κ1) is 26.0. The van der Waals surface area contributed by atoms with E-state index in [1.54, 1.807) is 4.52 Å². The van der Waals surface area contributed by atoms with Crippen LogP contribution in [-0.4, -0.2) is 87.7 Å². The number of aromatic nitrogens is 4. The minimum atomic E-state index is 0.110. The molecule has 0 radical (unpaired) electrons. The van der Waals surface area contributed by atoms with Crippen LogP contribution in [0.25, 0.3) is 5.78 Å². The monoisotopic (exact) mass is 531 g/mol. The molecule has 2 aromatic heterocycles. The molecular formula is C30H41N7O2. The molecule has 1 saturated carbocycles. The van der Waals surface area contributed by atoms with Crippen molar-refractivity contribution in [3.05, 3.63) is 47.0 Å². The van der Waals surface area contributed by atoms with E-state index in [0.717, 1.165) is 88.5 Å². The van der Waals surface area contributed by atoms with Crippen molar-refractivity contribution in [2.45, 2.75) is 64.9 Å². The summed E-state index contributed by atoms with van der Waals surface area (Å²) in [4.78, 5) is 28.8. The summed E-state index contributed by atoms with van der Waals surface area (Å²) in [5.74, 6) is 3.31. The van der Waals surface area contributed by atoms with Crippen molar-refractivity contribution in [3.63, 3.8) is 0 Å². The van der Waals surface area contributed by atoms with Crippen LogP contribution < -0.4 is 9.64 Å². The Morgan fingerprint density at radius 3 is 2.33 bits per heavy atom. The minimum Gasteiger partial charge on any atom is -0.485 e. The molecule has 1 aliphatic carbocycles. The van der Waals surface area contributed by atoms with Crippen LogP contribution in [0, 0.1) is 26.7 Å². The van der Waals surface area contributed by atoms with Gasteiger partial charge in [0.2, 0.25) is 5.91 Å². The van der Waals surface area contributed by atoms with Crippen molar-refractivity contribution < 1.29 is 9.53 Å². The van der Waals surface area contributed by atoms with E-state index in [0.29, 0.717) is 23.4 Å². The molecule has 0 spiro atoms. The van der Waals surface area contributed by atoms with Crippen LogP contribution in [-0.2, 0) is 4.79 Å². The second kappa shape index (κ2) is 10.8. The number of nitrogens with zero attached hydrogens (tertiary/aromatic N) is 7. The molecule has 1 atom stereocenters. The molecule has 208 valence electrons. The Hall–Kier alpha value is -3.20. The summed E-state index contributed by atoms with van der Waals surface area (Å²) in [6.07, 6.45) is 5.31. The number of rotatable bonds is 5. The SMILES string of the molecule is Cc1nc2nc(C)c(O[C@@H]3CCN(c4ccc([C@H]5CC[C@H](C(=O)N6CCN(C)CC6)CC5)cc4)C3)c(C)n2n1. The largest absolute Gasteiger partial charge is 0.485 e. The van der Waals surface area contributed by atoms with Gasteiger partial charge in [-0.15, -0.1) is 5.10 Å². The topological polar surface area (TPSA) is 79.1 Å². The lowest BCUT2D eigenvalue weighted by molar-refractivity contribution is -0.138. The molecule has 3 fully saturated rings. The second-order valence-electron chi connectivity index (χ2n) is 11.7. The number of aryl methyl sites for hydroxylation is 3. The number of ether oxygens (including phenoxy) is 1. The van der Waals surface area contributed by atoms with Gasteiger partial charge in [-0.05, 0) is 77.1 Å². The first-order valence-corrected chi connectivity index (χ1v) is 14.5. The van der Waals surface area contributed by atoms with E-state index in [-0.39, 0.29) is 12.0 Å². The predicted octanol–water partition coefficient (Wildman–Crippen LogP) is 3.76. The molecule has 2 saturated heterocycles. The van der Waals surface area contributed by atoms with E-state index < -0.39 is 0 Å². The molecule has 1 amide bonds. The zero-order valence-corrected chi connectivity index (χ0v) is 23.8. The van der Waals surface area contributed by atoms with Crippen LogP contribution in [0.1, 0.15) is 60.8 Å². The zero-order chi connectivity index (χ0) is 27.1. The van der Waals surface area contributed by atoms with Crippen molar-refractivity contribution in [3.8, 4) is 5.75 Å². The molecule has 9 nitrogen and oxygen atoms in total. The lowest BCUT2D eigenvalue weighted by Gasteiger charge is -2.36. The van der Waals surface area contributed by atoms with Gasteiger partial charge in [0.25, 0.3) is 5.78 Å². The summed E-state index contributed by atoms with van der Waals surface area (Å²) in [6, 6.07) is 9.13. The molecule has 4 heterocycles. The Bertz CT molecular complexity index is 1320. The van der Waals surface area contributed by atoms with Gasteiger partial charge >= 0.3 is 0 Å². The number of anilines is 1. The molecule has 3 aromatic rings. The van der Waals surface area contributed by atoms with Crippen LogP contribution in [0.3, 0.4) is 0 Å². The maximum atomic E-state index is 13.0. The Kier molecular flexibility index (Phi) is 7.18. The van der Waals surface area contributed by atoms with Gasteiger partial charge in [-0.25, -0.2) is 4.98 Å². The van der Waals surface area contributed by atoms with E-state index in [2.05, 4.69) is 61.1 Å². The number of hydrogen-bond acceptors (Lipinski definition) is 7. The number of amides is 1. The first-order chi connectivity index (χ1) is 18.9. The number of benzene rings is 1. The maximum absolute atomic E-state index is 13.0. The number of carbonyl (C=O) groups excluding carboxylic acids is 1. The summed E-state index contributed by atoms with van der Waals surface area (Å²) < 4.78 is 8.25. The average molecular weight is 532 g/mol. The quantitative estimate of drug-likeness (QED) is 0.496. The molecule has 9 heteroatoms. The molecule has 3 aliphatic rings. The molecule has 1 aromatic carbocycles. The summed E-state index contributed by atoms with van der Waals surface area (Å²) >= 11 is 0. The van der Waals surface area contributed by atoms with Crippen LogP contribution in [0.4, 0.5) is 5.69 Å². The number of likely N-dealkylation sites (N-methyl/N-ethyl adjacent to an activating group) is 1. The lowest BCUT2D eigenvalue weighted by atomic mass is 9.78.